The molecule has 5 nitrogen and oxygen atoms in total. The number of hydrogen-bond acceptors (Lipinski definition) is 4. The second-order valence-corrected chi connectivity index (χ2v) is 5.42. The summed E-state index contributed by atoms with van der Waals surface area (Å²) in [4.78, 5) is 12.4. The van der Waals surface area contributed by atoms with Gasteiger partial charge in [0.25, 0.3) is 0 Å². The van der Waals surface area contributed by atoms with Crippen LogP contribution >= 0.6 is 0 Å². The molecule has 124 valence electrons. The molecule has 0 aliphatic rings. The van der Waals surface area contributed by atoms with Crippen LogP contribution in [0.15, 0.2) is 42.5 Å². The zero-order valence-corrected chi connectivity index (χ0v) is 14.0. The number of methoxy groups -OCH3 is 2. The molecule has 0 heterocycles. The average Bonchev–Trinajstić information content (AvgIpc) is 2.61. The van der Waals surface area contributed by atoms with Gasteiger partial charge in [-0.1, -0.05) is 17.7 Å². The van der Waals surface area contributed by atoms with Gasteiger partial charge >= 0.3 is 0 Å². The highest BCUT2D eigenvalue weighted by atomic mass is 16.5. The fraction of sp³-hybridized carbons (Fsp3) is 0.263. The summed E-state index contributed by atoms with van der Waals surface area (Å²) in [5.74, 6) is 0.110. The van der Waals surface area contributed by atoms with E-state index in [0.29, 0.717) is 17.2 Å². The largest absolute Gasteiger partial charge is 0.497 e. The molecule has 0 unspecified atom stereocenters. The van der Waals surface area contributed by atoms with Crippen LogP contribution in [0.4, 0.5) is 5.69 Å². The van der Waals surface area contributed by atoms with E-state index in [1.165, 1.54) is 0 Å². The van der Waals surface area contributed by atoms with Crippen LogP contribution in [0.5, 0.6) is 11.5 Å². The predicted octanol–water partition coefficient (Wildman–Crippen LogP) is 3.33. The Morgan fingerprint density at radius 1 is 1.17 bits per heavy atom. The minimum absolute atomic E-state index is 0.245. The van der Waals surface area contributed by atoms with E-state index in [1.54, 1.807) is 32.4 Å². The molecule has 0 radical (unpaired) electrons. The van der Waals surface area contributed by atoms with Crippen molar-refractivity contribution < 1.29 is 14.3 Å². The van der Waals surface area contributed by atoms with Gasteiger partial charge in [-0.15, -0.1) is 0 Å². The smallest absolute Gasteiger partial charge is 0.242 e. The topological polar surface area (TPSA) is 71.3 Å². The molecular weight excluding hydrogens is 304 g/mol. The van der Waals surface area contributed by atoms with Crippen LogP contribution in [0.3, 0.4) is 0 Å². The van der Waals surface area contributed by atoms with Gasteiger partial charge in [-0.05, 0) is 42.8 Å². The number of nitrogens with one attached hydrogen (secondary N) is 1. The molecule has 1 amide bonds. The Balaban J connectivity index is 2.15. The normalized spacial score (nSPS) is 11.2. The Labute approximate surface area is 141 Å². The van der Waals surface area contributed by atoms with Gasteiger partial charge in [0, 0.05) is 12.1 Å². The Hall–Kier alpha value is -3.00. The van der Waals surface area contributed by atoms with Gasteiger partial charge in [0.1, 0.15) is 17.4 Å². The van der Waals surface area contributed by atoms with Crippen molar-refractivity contribution in [3.8, 4) is 17.6 Å². The molecule has 5 heteroatoms. The lowest BCUT2D eigenvalue weighted by atomic mass is 9.98. The molecule has 2 rings (SSSR count). The van der Waals surface area contributed by atoms with Crippen LogP contribution in [0.25, 0.3) is 0 Å². The molecular formula is C19H20N2O3. The fourth-order valence-corrected chi connectivity index (χ4v) is 2.32. The van der Waals surface area contributed by atoms with Crippen LogP contribution in [-0.4, -0.2) is 20.1 Å². The summed E-state index contributed by atoms with van der Waals surface area (Å²) in [6.45, 7) is 1.97. The van der Waals surface area contributed by atoms with Gasteiger partial charge in [-0.25, -0.2) is 0 Å². The molecule has 0 aliphatic heterocycles. The highest BCUT2D eigenvalue weighted by Gasteiger charge is 2.21. The van der Waals surface area contributed by atoms with E-state index in [9.17, 15) is 10.1 Å². The molecule has 24 heavy (non-hydrogen) atoms. The molecule has 0 saturated carbocycles. The molecule has 0 saturated heterocycles. The Bertz CT molecular complexity index is 748. The standard InChI is InChI=1S/C19H20N2O3/c1-13-4-6-16(7-5-13)21-19(22)15(12-20)10-14-11-17(23-2)8-9-18(14)24-3/h4-9,11,15H,10H2,1-3H3,(H,21,22)/t15-/m0/s1. The Kier molecular flexibility index (Phi) is 5.80. The fourth-order valence-electron chi connectivity index (χ4n) is 2.32. The summed E-state index contributed by atoms with van der Waals surface area (Å²) in [5, 5.41) is 12.2. The highest BCUT2D eigenvalue weighted by Crippen LogP contribution is 2.26. The van der Waals surface area contributed by atoms with Crippen molar-refractivity contribution in [2.75, 3.05) is 19.5 Å². The van der Waals surface area contributed by atoms with E-state index in [-0.39, 0.29) is 12.3 Å². The van der Waals surface area contributed by atoms with E-state index < -0.39 is 5.92 Å². The van der Waals surface area contributed by atoms with Crippen molar-refractivity contribution in [3.05, 3.63) is 53.6 Å². The number of nitrogens with zero attached hydrogens (tertiary/aromatic N) is 1. The van der Waals surface area contributed by atoms with Crippen molar-refractivity contribution in [1.82, 2.24) is 0 Å². The maximum absolute atomic E-state index is 12.4. The Morgan fingerprint density at radius 2 is 1.88 bits per heavy atom. The number of hydrogen-bond donors (Lipinski definition) is 1. The number of amides is 1. The van der Waals surface area contributed by atoms with Crippen molar-refractivity contribution in [3.63, 3.8) is 0 Å². The molecule has 1 N–H and O–H groups in total. The highest BCUT2D eigenvalue weighted by molar-refractivity contribution is 5.94. The maximum atomic E-state index is 12.4. The summed E-state index contributed by atoms with van der Waals surface area (Å²) in [5.41, 5.74) is 2.52. The second-order valence-electron chi connectivity index (χ2n) is 5.42. The third-order valence-electron chi connectivity index (χ3n) is 3.70. The first-order chi connectivity index (χ1) is 11.6. The first kappa shape index (κ1) is 17.4. The van der Waals surface area contributed by atoms with Gasteiger partial charge in [-0.2, -0.15) is 5.26 Å². The SMILES string of the molecule is COc1ccc(OC)c(C[C@@H](C#N)C(=O)Nc2ccc(C)cc2)c1. The van der Waals surface area contributed by atoms with Gasteiger partial charge in [0.2, 0.25) is 5.91 Å². The molecule has 0 spiro atoms. The number of benzene rings is 2. The van der Waals surface area contributed by atoms with E-state index in [4.69, 9.17) is 9.47 Å². The Morgan fingerprint density at radius 3 is 2.46 bits per heavy atom. The summed E-state index contributed by atoms with van der Waals surface area (Å²) in [6.07, 6.45) is 0.245. The van der Waals surface area contributed by atoms with Crippen molar-refractivity contribution in [2.45, 2.75) is 13.3 Å². The number of carbonyl (C=O) groups excluding carboxylic acids is 1. The van der Waals surface area contributed by atoms with Crippen LogP contribution in [-0.2, 0) is 11.2 Å². The van der Waals surface area contributed by atoms with Gasteiger partial charge in [0.05, 0.1) is 20.3 Å². The molecule has 2 aromatic carbocycles. The van der Waals surface area contributed by atoms with Crippen molar-refractivity contribution >= 4 is 11.6 Å². The van der Waals surface area contributed by atoms with E-state index in [2.05, 4.69) is 11.4 Å². The lowest BCUT2D eigenvalue weighted by Crippen LogP contribution is -2.23. The van der Waals surface area contributed by atoms with Gasteiger partial charge in [0.15, 0.2) is 0 Å². The third-order valence-corrected chi connectivity index (χ3v) is 3.70. The summed E-state index contributed by atoms with van der Waals surface area (Å²) < 4.78 is 10.5. The van der Waals surface area contributed by atoms with Gasteiger partial charge < -0.3 is 14.8 Å². The average molecular weight is 324 g/mol. The predicted molar refractivity (Wildman–Crippen MR) is 92.2 cm³/mol. The molecule has 2 aromatic rings. The van der Waals surface area contributed by atoms with E-state index in [0.717, 1.165) is 11.1 Å². The number of ether oxygens (including phenoxy) is 2. The number of carbonyl (C=O) groups is 1. The van der Waals surface area contributed by atoms with Crippen LogP contribution in [0.2, 0.25) is 0 Å². The number of nitriles is 1. The van der Waals surface area contributed by atoms with Crippen LogP contribution < -0.4 is 14.8 Å². The molecule has 0 aliphatic carbocycles. The van der Waals surface area contributed by atoms with Crippen LogP contribution in [0, 0.1) is 24.2 Å². The maximum Gasteiger partial charge on any atom is 0.242 e. The summed E-state index contributed by atoms with van der Waals surface area (Å²) >= 11 is 0. The summed E-state index contributed by atoms with van der Waals surface area (Å²) in [7, 11) is 3.12. The zero-order chi connectivity index (χ0) is 17.5. The van der Waals surface area contributed by atoms with E-state index >= 15 is 0 Å². The van der Waals surface area contributed by atoms with Crippen molar-refractivity contribution in [2.24, 2.45) is 5.92 Å². The second kappa shape index (κ2) is 8.02. The lowest BCUT2D eigenvalue weighted by Gasteiger charge is -2.14. The molecule has 0 fully saturated rings. The first-order valence-electron chi connectivity index (χ1n) is 7.55. The first-order valence-corrected chi connectivity index (χ1v) is 7.55. The molecule has 0 bridgehead atoms. The number of anilines is 1. The summed E-state index contributed by atoms with van der Waals surface area (Å²) in [6, 6.07) is 14.8. The van der Waals surface area contributed by atoms with E-state index in [1.807, 2.05) is 31.2 Å². The van der Waals surface area contributed by atoms with Gasteiger partial charge in [-0.3, -0.25) is 4.79 Å². The monoisotopic (exact) mass is 324 g/mol. The minimum atomic E-state index is -0.827. The number of aryl methyl sites for hydroxylation is 1. The third kappa shape index (κ3) is 4.26. The number of rotatable bonds is 6. The van der Waals surface area contributed by atoms with Crippen molar-refractivity contribution in [1.29, 1.82) is 5.26 Å². The molecule has 1 atom stereocenters. The lowest BCUT2D eigenvalue weighted by molar-refractivity contribution is -0.118. The zero-order valence-electron chi connectivity index (χ0n) is 14.0. The molecule has 0 aromatic heterocycles. The van der Waals surface area contributed by atoms with Crippen LogP contribution in [0.1, 0.15) is 11.1 Å². The minimum Gasteiger partial charge on any atom is -0.497 e. The quantitative estimate of drug-likeness (QED) is 0.884.